The van der Waals surface area contributed by atoms with Crippen molar-refractivity contribution in [3.05, 3.63) is 58.9 Å². The molecule has 6 nitrogen and oxygen atoms in total. The molecule has 0 spiro atoms. The number of aromatic nitrogens is 2. The van der Waals surface area contributed by atoms with Gasteiger partial charge in [-0.25, -0.2) is 9.78 Å². The highest BCUT2D eigenvalue weighted by atomic mass is 35.5. The first-order valence-electron chi connectivity index (χ1n) is 7.10. The molecule has 23 heavy (non-hydrogen) atoms. The third-order valence-electron chi connectivity index (χ3n) is 3.46. The number of pyridine rings is 1. The number of urea groups is 1. The molecule has 5 N–H and O–H groups in total. The lowest BCUT2D eigenvalue weighted by Gasteiger charge is -2.09. The summed E-state index contributed by atoms with van der Waals surface area (Å²) < 4.78 is 0. The SMILES string of the molecule is Nc1cccc(CNC(=O)NCc2ccnc3[nH]cc(Cl)c23)c1. The zero-order chi connectivity index (χ0) is 16.2. The Morgan fingerprint density at radius 1 is 1.26 bits per heavy atom. The molecule has 0 fully saturated rings. The van der Waals surface area contributed by atoms with Gasteiger partial charge in [0.1, 0.15) is 5.65 Å². The van der Waals surface area contributed by atoms with Gasteiger partial charge < -0.3 is 21.4 Å². The van der Waals surface area contributed by atoms with Crippen LogP contribution in [0.3, 0.4) is 0 Å². The highest BCUT2D eigenvalue weighted by Crippen LogP contribution is 2.24. The fourth-order valence-corrected chi connectivity index (χ4v) is 2.62. The number of aromatic amines is 1. The molecular formula is C16H16ClN5O. The van der Waals surface area contributed by atoms with Gasteiger partial charge in [0, 0.05) is 36.6 Å². The van der Waals surface area contributed by atoms with Crippen LogP contribution in [0.5, 0.6) is 0 Å². The van der Waals surface area contributed by atoms with E-state index in [4.69, 9.17) is 17.3 Å². The van der Waals surface area contributed by atoms with Gasteiger partial charge in [0.25, 0.3) is 0 Å². The van der Waals surface area contributed by atoms with Crippen LogP contribution in [0.2, 0.25) is 5.02 Å². The third-order valence-corrected chi connectivity index (χ3v) is 3.75. The number of carbonyl (C=O) groups is 1. The summed E-state index contributed by atoms with van der Waals surface area (Å²) in [7, 11) is 0. The number of rotatable bonds is 4. The highest BCUT2D eigenvalue weighted by Gasteiger charge is 2.09. The maximum atomic E-state index is 11.9. The van der Waals surface area contributed by atoms with Gasteiger partial charge in [-0.05, 0) is 29.3 Å². The first-order valence-corrected chi connectivity index (χ1v) is 7.48. The molecule has 2 amide bonds. The fourth-order valence-electron chi connectivity index (χ4n) is 2.35. The molecule has 0 saturated carbocycles. The number of nitrogens with one attached hydrogen (secondary N) is 3. The number of nitrogen functional groups attached to an aromatic ring is 1. The van der Waals surface area contributed by atoms with E-state index >= 15 is 0 Å². The van der Waals surface area contributed by atoms with E-state index in [-0.39, 0.29) is 6.03 Å². The van der Waals surface area contributed by atoms with Crippen LogP contribution >= 0.6 is 11.6 Å². The van der Waals surface area contributed by atoms with Crippen molar-refractivity contribution in [1.82, 2.24) is 20.6 Å². The fraction of sp³-hybridized carbons (Fsp3) is 0.125. The number of benzene rings is 1. The van der Waals surface area contributed by atoms with Crippen molar-refractivity contribution in [2.24, 2.45) is 0 Å². The summed E-state index contributed by atoms with van der Waals surface area (Å²) in [6.45, 7) is 0.771. The van der Waals surface area contributed by atoms with E-state index in [1.807, 2.05) is 24.3 Å². The number of nitrogens with two attached hydrogens (primary N) is 1. The molecule has 1 aromatic carbocycles. The predicted molar refractivity (Wildman–Crippen MR) is 91.0 cm³/mol. The number of halogens is 1. The van der Waals surface area contributed by atoms with E-state index in [1.165, 1.54) is 0 Å². The zero-order valence-electron chi connectivity index (χ0n) is 12.3. The number of amides is 2. The van der Waals surface area contributed by atoms with Gasteiger partial charge in [0.15, 0.2) is 0 Å². The number of fused-ring (bicyclic) bond motifs is 1. The normalized spacial score (nSPS) is 10.7. The smallest absolute Gasteiger partial charge is 0.315 e. The van der Waals surface area contributed by atoms with Gasteiger partial charge >= 0.3 is 6.03 Å². The third kappa shape index (κ3) is 3.54. The number of hydrogen-bond acceptors (Lipinski definition) is 3. The molecule has 2 heterocycles. The summed E-state index contributed by atoms with van der Waals surface area (Å²) in [6, 6.07) is 8.96. The maximum absolute atomic E-state index is 11.9. The molecule has 0 radical (unpaired) electrons. The Balaban J connectivity index is 1.59. The lowest BCUT2D eigenvalue weighted by molar-refractivity contribution is 0.240. The lowest BCUT2D eigenvalue weighted by Crippen LogP contribution is -2.34. The van der Waals surface area contributed by atoms with Gasteiger partial charge in [0.2, 0.25) is 0 Å². The van der Waals surface area contributed by atoms with Crippen molar-refractivity contribution in [2.75, 3.05) is 5.73 Å². The Labute approximate surface area is 138 Å². The maximum Gasteiger partial charge on any atom is 0.315 e. The van der Waals surface area contributed by atoms with E-state index in [2.05, 4.69) is 20.6 Å². The van der Waals surface area contributed by atoms with Gasteiger partial charge in [-0.3, -0.25) is 0 Å². The molecule has 0 aliphatic carbocycles. The molecule has 0 atom stereocenters. The molecule has 118 valence electrons. The average Bonchev–Trinajstić information content (AvgIpc) is 2.93. The van der Waals surface area contributed by atoms with E-state index in [1.54, 1.807) is 18.5 Å². The molecule has 2 aromatic heterocycles. The Hall–Kier alpha value is -2.73. The van der Waals surface area contributed by atoms with Gasteiger partial charge in [-0.15, -0.1) is 0 Å². The Kier molecular flexibility index (Phi) is 4.34. The zero-order valence-corrected chi connectivity index (χ0v) is 13.0. The number of nitrogens with zero attached hydrogens (tertiary/aromatic N) is 1. The summed E-state index contributed by atoms with van der Waals surface area (Å²) in [4.78, 5) is 19.1. The standard InChI is InChI=1S/C16H16ClN5O/c17-13-9-20-15-14(13)11(4-5-19-15)8-22-16(23)21-7-10-2-1-3-12(18)6-10/h1-6,9H,7-8,18H2,(H,19,20)(H2,21,22,23). The van der Waals surface area contributed by atoms with Gasteiger partial charge in [0.05, 0.1) is 5.02 Å². The first kappa shape index (κ1) is 15.2. The molecule has 0 unspecified atom stereocenters. The number of anilines is 1. The summed E-state index contributed by atoms with van der Waals surface area (Å²) in [5.41, 5.74) is 8.93. The molecule has 0 aliphatic heterocycles. The van der Waals surface area contributed by atoms with Crippen molar-refractivity contribution in [3.63, 3.8) is 0 Å². The quantitative estimate of drug-likeness (QED) is 0.554. The summed E-state index contributed by atoms with van der Waals surface area (Å²) >= 11 is 6.14. The van der Waals surface area contributed by atoms with Crippen LogP contribution in [0.25, 0.3) is 11.0 Å². The van der Waals surface area contributed by atoms with Crippen LogP contribution < -0.4 is 16.4 Å². The van der Waals surface area contributed by atoms with Crippen LogP contribution in [0.15, 0.2) is 42.7 Å². The van der Waals surface area contributed by atoms with Gasteiger partial charge in [-0.1, -0.05) is 23.7 Å². The summed E-state index contributed by atoms with van der Waals surface area (Å²) in [5.74, 6) is 0. The summed E-state index contributed by atoms with van der Waals surface area (Å²) in [5, 5.41) is 7.01. The highest BCUT2D eigenvalue weighted by molar-refractivity contribution is 6.35. The van der Waals surface area contributed by atoms with Crippen LogP contribution in [0.1, 0.15) is 11.1 Å². The van der Waals surface area contributed by atoms with Crippen LogP contribution in [0.4, 0.5) is 10.5 Å². The second-order valence-corrected chi connectivity index (χ2v) is 5.52. The van der Waals surface area contributed by atoms with Crippen molar-refractivity contribution in [1.29, 1.82) is 0 Å². The van der Waals surface area contributed by atoms with Gasteiger partial charge in [-0.2, -0.15) is 0 Å². The van der Waals surface area contributed by atoms with Crippen molar-refractivity contribution in [2.45, 2.75) is 13.1 Å². The number of carbonyl (C=O) groups excluding carboxylic acids is 1. The monoisotopic (exact) mass is 329 g/mol. The van der Waals surface area contributed by atoms with E-state index in [9.17, 15) is 4.79 Å². The summed E-state index contributed by atoms with van der Waals surface area (Å²) in [6.07, 6.45) is 3.36. The number of hydrogen-bond donors (Lipinski definition) is 4. The largest absolute Gasteiger partial charge is 0.399 e. The molecular weight excluding hydrogens is 314 g/mol. The molecule has 7 heteroatoms. The molecule has 0 aliphatic rings. The minimum absolute atomic E-state index is 0.260. The van der Waals surface area contributed by atoms with E-state index in [0.29, 0.717) is 29.4 Å². The predicted octanol–water partition coefficient (Wildman–Crippen LogP) is 2.80. The van der Waals surface area contributed by atoms with Crippen LogP contribution in [-0.2, 0) is 13.1 Å². The van der Waals surface area contributed by atoms with Crippen LogP contribution in [-0.4, -0.2) is 16.0 Å². The minimum atomic E-state index is -0.260. The molecule has 0 saturated heterocycles. The second-order valence-electron chi connectivity index (χ2n) is 5.11. The number of H-pyrrole nitrogens is 1. The topological polar surface area (TPSA) is 95.8 Å². The Bertz CT molecular complexity index is 845. The Morgan fingerprint density at radius 3 is 2.91 bits per heavy atom. The molecule has 3 rings (SSSR count). The minimum Gasteiger partial charge on any atom is -0.399 e. The average molecular weight is 330 g/mol. The van der Waals surface area contributed by atoms with E-state index < -0.39 is 0 Å². The van der Waals surface area contributed by atoms with E-state index in [0.717, 1.165) is 16.5 Å². The van der Waals surface area contributed by atoms with Crippen molar-refractivity contribution >= 4 is 34.4 Å². The second kappa shape index (κ2) is 6.58. The Morgan fingerprint density at radius 2 is 2.09 bits per heavy atom. The van der Waals surface area contributed by atoms with Crippen molar-refractivity contribution < 1.29 is 4.79 Å². The molecule has 3 aromatic rings. The van der Waals surface area contributed by atoms with Crippen LogP contribution in [0, 0.1) is 0 Å². The molecule has 0 bridgehead atoms. The van der Waals surface area contributed by atoms with Crippen molar-refractivity contribution in [3.8, 4) is 0 Å². The lowest BCUT2D eigenvalue weighted by atomic mass is 10.2. The first-order chi connectivity index (χ1) is 11.1.